The number of rotatable bonds is 2. The van der Waals surface area contributed by atoms with Gasteiger partial charge in [0.25, 0.3) is 0 Å². The summed E-state index contributed by atoms with van der Waals surface area (Å²) in [7, 11) is 0. The zero-order valence-corrected chi connectivity index (χ0v) is 8.96. The number of fused-ring (bicyclic) bond motifs is 3. The molecule has 1 aromatic rings. The molecule has 2 aliphatic heterocycles. The monoisotopic (exact) mass is 230 g/mol. The molecular formula is C12H10N2O3. The van der Waals surface area contributed by atoms with Crippen LogP contribution in [0.1, 0.15) is 18.0 Å². The van der Waals surface area contributed by atoms with E-state index in [0.717, 1.165) is 11.1 Å². The molecule has 86 valence electrons. The predicted molar refractivity (Wildman–Crippen MR) is 58.8 cm³/mol. The summed E-state index contributed by atoms with van der Waals surface area (Å²) in [4.78, 5) is 10.8. The summed E-state index contributed by atoms with van der Waals surface area (Å²) in [6, 6.07) is 7.36. The van der Waals surface area contributed by atoms with Crippen LogP contribution in [0.25, 0.3) is 0 Å². The van der Waals surface area contributed by atoms with Gasteiger partial charge < -0.3 is 9.84 Å². The highest BCUT2D eigenvalue weighted by atomic mass is 16.5. The third-order valence-electron chi connectivity index (χ3n) is 2.88. The van der Waals surface area contributed by atoms with Crippen molar-refractivity contribution >= 4 is 5.97 Å². The highest BCUT2D eigenvalue weighted by Gasteiger charge is 2.32. The molecule has 2 aliphatic rings. The van der Waals surface area contributed by atoms with E-state index in [1.165, 1.54) is 0 Å². The summed E-state index contributed by atoms with van der Waals surface area (Å²) in [5.74, 6) is 0.252. The number of carboxylic acids is 1. The molecule has 0 aliphatic carbocycles. The molecule has 1 atom stereocenters. The normalized spacial score (nSPS) is 20.8. The molecule has 0 bridgehead atoms. The maximum absolute atomic E-state index is 10.8. The van der Waals surface area contributed by atoms with Gasteiger partial charge in [-0.15, -0.1) is 0 Å². The molecule has 1 aromatic carbocycles. The maximum atomic E-state index is 10.8. The number of ether oxygens (including phenoxy) is 1. The Morgan fingerprint density at radius 2 is 2.29 bits per heavy atom. The van der Waals surface area contributed by atoms with Crippen LogP contribution < -0.4 is 4.74 Å². The Morgan fingerprint density at radius 3 is 3.12 bits per heavy atom. The van der Waals surface area contributed by atoms with Crippen LogP contribution in [-0.2, 0) is 4.79 Å². The van der Waals surface area contributed by atoms with Crippen LogP contribution >= 0.6 is 0 Å². The lowest BCUT2D eigenvalue weighted by atomic mass is 9.95. The smallest absolute Gasteiger partial charge is 0.311 e. The van der Waals surface area contributed by atoms with Crippen molar-refractivity contribution in [2.24, 2.45) is 10.2 Å². The number of carboxylic acid groups (broad SMARTS) is 1. The quantitative estimate of drug-likeness (QED) is 0.847. The van der Waals surface area contributed by atoms with E-state index >= 15 is 0 Å². The van der Waals surface area contributed by atoms with Crippen LogP contribution in [-0.4, -0.2) is 17.6 Å². The molecule has 0 aromatic heterocycles. The minimum Gasteiger partial charge on any atom is -0.481 e. The number of benzene rings is 1. The van der Waals surface area contributed by atoms with Gasteiger partial charge in [0.15, 0.2) is 0 Å². The van der Waals surface area contributed by atoms with Crippen molar-refractivity contribution in [3.8, 4) is 5.75 Å². The van der Waals surface area contributed by atoms with Gasteiger partial charge in [-0.25, -0.2) is 0 Å². The number of carbonyl (C=O) groups is 1. The lowest BCUT2D eigenvalue weighted by Crippen LogP contribution is -2.16. The molecule has 3 rings (SSSR count). The van der Waals surface area contributed by atoms with Crippen molar-refractivity contribution in [1.29, 1.82) is 0 Å². The molecule has 0 radical (unpaired) electrons. The summed E-state index contributed by atoms with van der Waals surface area (Å²) in [5, 5.41) is 17.0. The van der Waals surface area contributed by atoms with Crippen LogP contribution in [0.4, 0.5) is 0 Å². The number of aliphatic carboxylic acids is 1. The van der Waals surface area contributed by atoms with Crippen molar-refractivity contribution in [2.45, 2.75) is 12.5 Å². The van der Waals surface area contributed by atoms with Gasteiger partial charge in [0.1, 0.15) is 24.0 Å². The predicted octanol–water partition coefficient (Wildman–Crippen LogP) is 2.31. The van der Waals surface area contributed by atoms with Crippen LogP contribution in [0.2, 0.25) is 0 Å². The largest absolute Gasteiger partial charge is 0.481 e. The van der Waals surface area contributed by atoms with E-state index < -0.39 is 5.97 Å². The van der Waals surface area contributed by atoms with E-state index in [0.29, 0.717) is 18.1 Å². The topological polar surface area (TPSA) is 71.2 Å². The van der Waals surface area contributed by atoms with Crippen molar-refractivity contribution in [3.05, 3.63) is 41.2 Å². The number of azo groups is 1. The zero-order valence-electron chi connectivity index (χ0n) is 8.96. The van der Waals surface area contributed by atoms with Gasteiger partial charge >= 0.3 is 5.97 Å². The Hall–Kier alpha value is -2.17. The van der Waals surface area contributed by atoms with Crippen LogP contribution in [0.15, 0.2) is 45.8 Å². The third kappa shape index (κ3) is 1.60. The van der Waals surface area contributed by atoms with E-state index in [4.69, 9.17) is 9.84 Å². The van der Waals surface area contributed by atoms with E-state index in [1.54, 1.807) is 0 Å². The van der Waals surface area contributed by atoms with Crippen molar-refractivity contribution in [3.63, 3.8) is 0 Å². The minimum atomic E-state index is -0.905. The first-order valence-corrected chi connectivity index (χ1v) is 5.33. The van der Waals surface area contributed by atoms with E-state index in [1.807, 2.05) is 24.3 Å². The first-order chi connectivity index (χ1) is 8.25. The van der Waals surface area contributed by atoms with Gasteiger partial charge in [-0.1, -0.05) is 18.2 Å². The van der Waals surface area contributed by atoms with Crippen LogP contribution in [0, 0.1) is 0 Å². The summed E-state index contributed by atoms with van der Waals surface area (Å²) in [6.07, 6.45) is -0.120. The van der Waals surface area contributed by atoms with Crippen LogP contribution in [0.5, 0.6) is 5.75 Å². The summed E-state index contributed by atoms with van der Waals surface area (Å²) in [6.45, 7) is 0.432. The van der Waals surface area contributed by atoms with E-state index in [2.05, 4.69) is 10.2 Å². The second-order valence-corrected chi connectivity index (χ2v) is 3.98. The molecule has 0 saturated carbocycles. The molecular weight excluding hydrogens is 220 g/mol. The first kappa shape index (κ1) is 10.0. The lowest BCUT2D eigenvalue weighted by Gasteiger charge is -2.23. The summed E-state index contributed by atoms with van der Waals surface area (Å²) < 4.78 is 5.64. The summed E-state index contributed by atoms with van der Waals surface area (Å²) in [5.41, 5.74) is 1.82. The Morgan fingerprint density at radius 1 is 1.47 bits per heavy atom. The van der Waals surface area contributed by atoms with Gasteiger partial charge in [-0.3, -0.25) is 4.79 Å². The zero-order chi connectivity index (χ0) is 11.8. The molecule has 17 heavy (non-hydrogen) atoms. The Kier molecular flexibility index (Phi) is 2.18. The fourth-order valence-corrected chi connectivity index (χ4v) is 2.13. The van der Waals surface area contributed by atoms with Gasteiger partial charge in [-0.05, 0) is 6.07 Å². The van der Waals surface area contributed by atoms with Gasteiger partial charge in [0, 0.05) is 11.1 Å². The van der Waals surface area contributed by atoms with E-state index in [-0.39, 0.29) is 12.5 Å². The fourth-order valence-electron chi connectivity index (χ4n) is 2.13. The van der Waals surface area contributed by atoms with Gasteiger partial charge in [-0.2, -0.15) is 10.2 Å². The second kappa shape index (κ2) is 3.69. The Balaban J connectivity index is 2.06. The van der Waals surface area contributed by atoms with Crippen molar-refractivity contribution in [2.75, 3.05) is 6.54 Å². The second-order valence-electron chi connectivity index (χ2n) is 3.98. The Bertz CT molecular complexity index is 548. The first-order valence-electron chi connectivity index (χ1n) is 5.33. The molecule has 0 spiro atoms. The van der Waals surface area contributed by atoms with Crippen LogP contribution in [0.3, 0.4) is 0 Å². The van der Waals surface area contributed by atoms with Gasteiger partial charge in [0.05, 0.1) is 6.54 Å². The molecule has 0 saturated heterocycles. The molecule has 2 heterocycles. The molecule has 0 amide bonds. The minimum absolute atomic E-state index is 0.120. The highest BCUT2D eigenvalue weighted by molar-refractivity contribution is 5.70. The number of hydrogen-bond donors (Lipinski definition) is 1. The van der Waals surface area contributed by atoms with Gasteiger partial charge in [0.2, 0.25) is 0 Å². The molecule has 0 fully saturated rings. The standard InChI is InChI=1S/C12H10N2O3/c15-11(16)5-10-8-6-13-14-12(8)7-3-1-2-4-9(7)17-10/h1-4,12H,5-6H2,(H,15,16). The number of hydrogen-bond acceptors (Lipinski definition) is 4. The fraction of sp³-hybridized carbons (Fsp3) is 0.250. The Labute approximate surface area is 97.4 Å². The highest BCUT2D eigenvalue weighted by Crippen LogP contribution is 2.43. The molecule has 1 N–H and O–H groups in total. The maximum Gasteiger partial charge on any atom is 0.311 e. The molecule has 5 nitrogen and oxygen atoms in total. The lowest BCUT2D eigenvalue weighted by molar-refractivity contribution is -0.136. The van der Waals surface area contributed by atoms with Crippen molar-refractivity contribution in [1.82, 2.24) is 0 Å². The average molecular weight is 230 g/mol. The molecule has 5 heteroatoms. The average Bonchev–Trinajstić information content (AvgIpc) is 2.78. The van der Waals surface area contributed by atoms with Crippen molar-refractivity contribution < 1.29 is 14.6 Å². The number of nitrogens with zero attached hydrogens (tertiary/aromatic N) is 2. The SMILES string of the molecule is O=C(O)CC1=C2CN=NC2c2ccccc2O1. The summed E-state index contributed by atoms with van der Waals surface area (Å²) >= 11 is 0. The van der Waals surface area contributed by atoms with E-state index in [9.17, 15) is 4.79 Å². The third-order valence-corrected chi connectivity index (χ3v) is 2.88. The number of para-hydroxylation sites is 1. The molecule has 1 unspecified atom stereocenters.